The molecule has 2 amide bonds. The molecule has 0 spiro atoms. The normalized spacial score (nSPS) is 16.9. The largest absolute Gasteiger partial charge is 0.504 e. The Kier molecular flexibility index (Phi) is 5.72. The third kappa shape index (κ3) is 4.78. The lowest BCUT2D eigenvalue weighted by Gasteiger charge is -2.22. The molecule has 0 fully saturated rings. The number of hydrogen-bond donors (Lipinski definition) is 3. The molecular formula is C17H16ClF3N2O5S. The van der Waals surface area contributed by atoms with E-state index in [-0.39, 0.29) is 0 Å². The average Bonchev–Trinajstić information content (AvgIpc) is 3.05. The number of benzene rings is 1. The standard InChI is InChI=1S/C17H16ClF3N2O5S/c18-10-4-5-11(13(24)15(10)29(26,27)8-17(19,20)21)22-16(25)23-12-3-1-2-9-6-7-28-14(9)12/h4-7,12,24H,1-3,8H2,(H2,22,23,25)/t12-/m1/s1. The van der Waals surface area contributed by atoms with E-state index in [2.05, 4.69) is 10.6 Å². The van der Waals surface area contributed by atoms with Crippen LogP contribution in [0.3, 0.4) is 0 Å². The van der Waals surface area contributed by atoms with Crippen LogP contribution in [0.2, 0.25) is 5.02 Å². The molecule has 3 rings (SSSR count). The van der Waals surface area contributed by atoms with Gasteiger partial charge in [0.15, 0.2) is 21.3 Å². The van der Waals surface area contributed by atoms with Crippen molar-refractivity contribution in [2.24, 2.45) is 0 Å². The third-order valence-corrected chi connectivity index (χ3v) is 6.51. The van der Waals surface area contributed by atoms with Crippen LogP contribution < -0.4 is 10.6 Å². The summed E-state index contributed by atoms with van der Waals surface area (Å²) in [4.78, 5) is 11.2. The fraction of sp³-hybridized carbons (Fsp3) is 0.353. The van der Waals surface area contributed by atoms with Crippen LogP contribution in [0.15, 0.2) is 33.8 Å². The van der Waals surface area contributed by atoms with Crippen LogP contribution in [0.5, 0.6) is 5.75 Å². The van der Waals surface area contributed by atoms with Crippen molar-refractivity contribution in [2.75, 3.05) is 11.1 Å². The molecule has 3 N–H and O–H groups in total. The Balaban J connectivity index is 1.81. The number of phenolic OH excluding ortho intramolecular Hbond substituents is 1. The molecule has 1 atom stereocenters. The molecule has 0 aliphatic heterocycles. The smallest absolute Gasteiger partial charge is 0.403 e. The van der Waals surface area contributed by atoms with Crippen molar-refractivity contribution in [1.82, 2.24) is 5.32 Å². The minimum absolute atomic E-state index is 0.400. The van der Waals surface area contributed by atoms with E-state index in [0.717, 1.165) is 30.5 Å². The summed E-state index contributed by atoms with van der Waals surface area (Å²) in [5.74, 6) is -2.67. The number of carbonyl (C=O) groups excluding carboxylic acids is 1. The number of amides is 2. The lowest BCUT2D eigenvalue weighted by atomic mass is 9.94. The number of nitrogens with one attached hydrogen (secondary N) is 2. The number of halogens is 4. The van der Waals surface area contributed by atoms with Crippen LogP contribution in [0.25, 0.3) is 0 Å². The number of urea groups is 1. The molecule has 1 aliphatic carbocycles. The predicted octanol–water partition coefficient (Wildman–Crippen LogP) is 4.17. The lowest BCUT2D eigenvalue weighted by Crippen LogP contribution is -2.34. The molecule has 0 radical (unpaired) electrons. The maximum absolute atomic E-state index is 12.6. The van der Waals surface area contributed by atoms with E-state index >= 15 is 0 Å². The van der Waals surface area contributed by atoms with Crippen molar-refractivity contribution in [3.63, 3.8) is 0 Å². The molecule has 12 heteroatoms. The highest BCUT2D eigenvalue weighted by atomic mass is 35.5. The number of fused-ring (bicyclic) bond motifs is 1. The van der Waals surface area contributed by atoms with Crippen LogP contribution in [0.1, 0.15) is 30.2 Å². The van der Waals surface area contributed by atoms with Crippen molar-refractivity contribution in [3.8, 4) is 5.75 Å². The van der Waals surface area contributed by atoms with E-state index in [4.69, 9.17) is 16.0 Å². The molecule has 1 heterocycles. The summed E-state index contributed by atoms with van der Waals surface area (Å²) >= 11 is 5.70. The highest BCUT2D eigenvalue weighted by Crippen LogP contribution is 2.39. The zero-order valence-electron chi connectivity index (χ0n) is 14.7. The van der Waals surface area contributed by atoms with Gasteiger partial charge in [0.2, 0.25) is 0 Å². The molecule has 158 valence electrons. The van der Waals surface area contributed by atoms with Gasteiger partial charge in [-0.1, -0.05) is 11.6 Å². The molecule has 2 aromatic rings. The van der Waals surface area contributed by atoms with E-state index in [0.29, 0.717) is 12.2 Å². The van der Waals surface area contributed by atoms with Gasteiger partial charge in [0.1, 0.15) is 10.7 Å². The first kappa shape index (κ1) is 21.3. The summed E-state index contributed by atoms with van der Waals surface area (Å²) in [6.07, 6.45) is -1.30. The van der Waals surface area contributed by atoms with Gasteiger partial charge in [0, 0.05) is 0 Å². The molecular weight excluding hydrogens is 437 g/mol. The Morgan fingerprint density at radius 1 is 1.31 bits per heavy atom. The van der Waals surface area contributed by atoms with Crippen molar-refractivity contribution in [2.45, 2.75) is 36.4 Å². The summed E-state index contributed by atoms with van der Waals surface area (Å²) in [6.45, 7) is 0. The maximum atomic E-state index is 12.6. The Morgan fingerprint density at radius 2 is 2.03 bits per heavy atom. The molecule has 0 saturated carbocycles. The summed E-state index contributed by atoms with van der Waals surface area (Å²) in [5.41, 5.74) is 0.555. The fourth-order valence-electron chi connectivity index (χ4n) is 3.17. The minimum atomic E-state index is -5.03. The molecule has 0 unspecified atom stereocenters. The van der Waals surface area contributed by atoms with E-state index < -0.39 is 55.2 Å². The van der Waals surface area contributed by atoms with Gasteiger partial charge in [-0.2, -0.15) is 13.2 Å². The lowest BCUT2D eigenvalue weighted by molar-refractivity contribution is -0.106. The number of alkyl halides is 3. The highest BCUT2D eigenvalue weighted by Gasteiger charge is 2.39. The minimum Gasteiger partial charge on any atom is -0.504 e. The zero-order chi connectivity index (χ0) is 21.4. The predicted molar refractivity (Wildman–Crippen MR) is 97.8 cm³/mol. The third-order valence-electron chi connectivity index (χ3n) is 4.34. The molecule has 1 aromatic carbocycles. The first-order valence-electron chi connectivity index (χ1n) is 8.43. The quantitative estimate of drug-likeness (QED) is 0.603. The number of aryl methyl sites for hydroxylation is 1. The second kappa shape index (κ2) is 7.79. The van der Waals surface area contributed by atoms with Gasteiger partial charge in [0.25, 0.3) is 0 Å². The second-order valence-corrected chi connectivity index (χ2v) is 8.83. The number of phenols is 1. The summed E-state index contributed by atoms with van der Waals surface area (Å²) in [5, 5.41) is 14.5. The monoisotopic (exact) mass is 452 g/mol. The van der Waals surface area contributed by atoms with Crippen molar-refractivity contribution >= 4 is 33.2 Å². The summed E-state index contributed by atoms with van der Waals surface area (Å²) in [7, 11) is -4.99. The van der Waals surface area contributed by atoms with Crippen LogP contribution in [-0.2, 0) is 16.3 Å². The van der Waals surface area contributed by atoms with Crippen LogP contribution in [0.4, 0.5) is 23.7 Å². The average molecular weight is 453 g/mol. The Morgan fingerprint density at radius 3 is 2.72 bits per heavy atom. The van der Waals surface area contributed by atoms with Crippen LogP contribution in [-0.4, -0.2) is 31.5 Å². The van der Waals surface area contributed by atoms with Crippen molar-refractivity contribution in [1.29, 1.82) is 0 Å². The summed E-state index contributed by atoms with van der Waals surface area (Å²) in [6, 6.07) is 2.63. The zero-order valence-corrected chi connectivity index (χ0v) is 16.3. The fourth-order valence-corrected chi connectivity index (χ4v) is 5.02. The number of rotatable bonds is 4. The van der Waals surface area contributed by atoms with Gasteiger partial charge in [-0.15, -0.1) is 0 Å². The first-order chi connectivity index (χ1) is 13.5. The molecule has 0 bridgehead atoms. The van der Waals surface area contributed by atoms with E-state index in [1.165, 1.54) is 6.26 Å². The van der Waals surface area contributed by atoms with Gasteiger partial charge in [-0.25, -0.2) is 13.2 Å². The number of furan rings is 1. The van der Waals surface area contributed by atoms with Gasteiger partial charge < -0.3 is 20.2 Å². The molecule has 1 aliphatic rings. The topological polar surface area (TPSA) is 109 Å². The van der Waals surface area contributed by atoms with Gasteiger partial charge in [0.05, 0.1) is 23.0 Å². The number of anilines is 1. The van der Waals surface area contributed by atoms with Crippen LogP contribution in [0, 0.1) is 0 Å². The van der Waals surface area contributed by atoms with Crippen LogP contribution >= 0.6 is 11.6 Å². The number of hydrogen-bond acceptors (Lipinski definition) is 5. The van der Waals surface area contributed by atoms with Gasteiger partial charge in [-0.05, 0) is 43.0 Å². The first-order valence-corrected chi connectivity index (χ1v) is 10.5. The van der Waals surface area contributed by atoms with Crippen molar-refractivity contribution in [3.05, 3.63) is 40.8 Å². The Labute approximate surface area is 168 Å². The number of sulfone groups is 1. The number of aromatic hydroxyl groups is 1. The molecule has 29 heavy (non-hydrogen) atoms. The summed E-state index contributed by atoms with van der Waals surface area (Å²) < 4.78 is 67.2. The second-order valence-electron chi connectivity index (χ2n) is 6.50. The Bertz CT molecular complexity index is 1040. The number of carbonyl (C=O) groups is 1. The molecule has 7 nitrogen and oxygen atoms in total. The van der Waals surface area contributed by atoms with E-state index in [1.54, 1.807) is 6.07 Å². The van der Waals surface area contributed by atoms with E-state index in [1.807, 2.05) is 0 Å². The SMILES string of the molecule is O=C(Nc1ccc(Cl)c(S(=O)(=O)CC(F)(F)F)c1O)N[C@@H]1CCCc2ccoc21. The molecule has 0 saturated heterocycles. The van der Waals surface area contributed by atoms with Crippen molar-refractivity contribution < 1.29 is 35.9 Å². The highest BCUT2D eigenvalue weighted by molar-refractivity contribution is 7.91. The van der Waals surface area contributed by atoms with E-state index in [9.17, 15) is 31.5 Å². The Hall–Kier alpha value is -2.40. The van der Waals surface area contributed by atoms with Gasteiger partial charge >= 0.3 is 12.2 Å². The molecule has 1 aromatic heterocycles. The maximum Gasteiger partial charge on any atom is 0.403 e. The van der Waals surface area contributed by atoms with Gasteiger partial charge in [-0.3, -0.25) is 0 Å².